The van der Waals surface area contributed by atoms with Crippen molar-refractivity contribution in [3.8, 4) is 0 Å². The minimum absolute atomic E-state index is 0.769. The molecule has 5 heteroatoms. The lowest BCUT2D eigenvalue weighted by Crippen LogP contribution is -1.93. The Labute approximate surface area is 107 Å². The van der Waals surface area contributed by atoms with Gasteiger partial charge in [-0.2, -0.15) is 0 Å². The second kappa shape index (κ2) is 5.32. The number of hydrogen-bond donors (Lipinski definition) is 1. The average Bonchev–Trinajstić information content (AvgIpc) is 2.30. The molecular weight excluding hydrogens is 286 g/mol. The molecule has 0 aliphatic carbocycles. The number of rotatable bonds is 3. The summed E-state index contributed by atoms with van der Waals surface area (Å²) < 4.78 is 0.769. The number of aromatic nitrogens is 2. The molecule has 0 saturated carbocycles. The van der Waals surface area contributed by atoms with Gasteiger partial charge in [0.1, 0.15) is 16.7 Å². The molecule has 2 aromatic rings. The molecule has 16 heavy (non-hydrogen) atoms. The van der Waals surface area contributed by atoms with Crippen LogP contribution in [0.4, 0.5) is 11.5 Å². The van der Waals surface area contributed by atoms with E-state index < -0.39 is 0 Å². The minimum atomic E-state index is 0.769. The molecule has 0 saturated heterocycles. The first-order valence-corrected chi connectivity index (χ1v) is 6.68. The van der Waals surface area contributed by atoms with Crippen molar-refractivity contribution in [2.45, 2.75) is 4.90 Å². The summed E-state index contributed by atoms with van der Waals surface area (Å²) in [5, 5.41) is 3.21. The minimum Gasteiger partial charge on any atom is -0.340 e. The zero-order valence-electron chi connectivity index (χ0n) is 8.64. The Kier molecular flexibility index (Phi) is 3.79. The van der Waals surface area contributed by atoms with Gasteiger partial charge in [-0.1, -0.05) is 0 Å². The van der Waals surface area contributed by atoms with Crippen LogP contribution in [0.2, 0.25) is 0 Å². The fourth-order valence-electron chi connectivity index (χ4n) is 1.22. The van der Waals surface area contributed by atoms with Gasteiger partial charge in [0.25, 0.3) is 0 Å². The molecule has 0 fully saturated rings. The Morgan fingerprint density at radius 2 is 1.94 bits per heavy atom. The van der Waals surface area contributed by atoms with Crippen molar-refractivity contribution in [1.29, 1.82) is 0 Å². The van der Waals surface area contributed by atoms with Crippen molar-refractivity contribution >= 4 is 39.2 Å². The van der Waals surface area contributed by atoms with Crippen LogP contribution in [0.3, 0.4) is 0 Å². The van der Waals surface area contributed by atoms with Crippen LogP contribution in [0, 0.1) is 0 Å². The lowest BCUT2D eigenvalue weighted by Gasteiger charge is -2.05. The number of benzene rings is 1. The van der Waals surface area contributed by atoms with Gasteiger partial charge in [0.15, 0.2) is 0 Å². The first-order chi connectivity index (χ1) is 7.78. The summed E-state index contributed by atoms with van der Waals surface area (Å²) in [4.78, 5) is 9.34. The third-order valence-corrected chi connectivity index (χ3v) is 3.17. The first-order valence-electron chi connectivity index (χ1n) is 4.66. The van der Waals surface area contributed by atoms with Gasteiger partial charge in [-0.15, -0.1) is 11.8 Å². The van der Waals surface area contributed by atoms with E-state index in [1.165, 1.54) is 11.2 Å². The van der Waals surface area contributed by atoms with Crippen molar-refractivity contribution in [3.63, 3.8) is 0 Å². The summed E-state index contributed by atoms with van der Waals surface area (Å²) in [5.41, 5.74) is 1.02. The molecule has 0 aliphatic rings. The fraction of sp³-hybridized carbons (Fsp3) is 0.0909. The van der Waals surface area contributed by atoms with Gasteiger partial charge in [-0.05, 0) is 46.5 Å². The zero-order valence-corrected chi connectivity index (χ0v) is 11.0. The molecule has 1 N–H and O–H groups in total. The van der Waals surface area contributed by atoms with Gasteiger partial charge in [-0.3, -0.25) is 0 Å². The maximum Gasteiger partial charge on any atom is 0.134 e. The Morgan fingerprint density at radius 1 is 1.19 bits per heavy atom. The van der Waals surface area contributed by atoms with Crippen LogP contribution in [0.15, 0.2) is 46.2 Å². The highest BCUT2D eigenvalue weighted by molar-refractivity contribution is 9.10. The van der Waals surface area contributed by atoms with Crippen LogP contribution in [-0.2, 0) is 0 Å². The summed E-state index contributed by atoms with van der Waals surface area (Å²) in [7, 11) is 0. The Hall–Kier alpha value is -1.07. The lowest BCUT2D eigenvalue weighted by atomic mass is 10.3. The molecule has 0 atom stereocenters. The van der Waals surface area contributed by atoms with Gasteiger partial charge in [0, 0.05) is 16.6 Å². The molecule has 82 valence electrons. The summed E-state index contributed by atoms with van der Waals surface area (Å²) in [6, 6.07) is 10.0. The number of thioether (sulfide) groups is 1. The predicted octanol–water partition coefficient (Wildman–Crippen LogP) is 3.70. The molecule has 0 amide bonds. The average molecular weight is 296 g/mol. The molecule has 3 nitrogen and oxygen atoms in total. The normalized spacial score (nSPS) is 10.1. The van der Waals surface area contributed by atoms with Crippen LogP contribution in [0.25, 0.3) is 0 Å². The topological polar surface area (TPSA) is 37.8 Å². The monoisotopic (exact) mass is 295 g/mol. The van der Waals surface area contributed by atoms with Crippen molar-refractivity contribution < 1.29 is 0 Å². The van der Waals surface area contributed by atoms with Crippen molar-refractivity contribution in [1.82, 2.24) is 9.97 Å². The van der Waals surface area contributed by atoms with Gasteiger partial charge >= 0.3 is 0 Å². The quantitative estimate of drug-likeness (QED) is 0.692. The highest BCUT2D eigenvalue weighted by Gasteiger charge is 1.97. The van der Waals surface area contributed by atoms with E-state index in [1.54, 1.807) is 11.8 Å². The summed E-state index contributed by atoms with van der Waals surface area (Å²) >= 11 is 5.03. The number of hydrogen-bond acceptors (Lipinski definition) is 4. The Morgan fingerprint density at radius 3 is 2.56 bits per heavy atom. The van der Waals surface area contributed by atoms with Gasteiger partial charge < -0.3 is 5.32 Å². The molecular formula is C11H10BrN3S. The second-order valence-corrected chi connectivity index (χ2v) is 4.77. The van der Waals surface area contributed by atoms with Crippen LogP contribution < -0.4 is 5.32 Å². The van der Waals surface area contributed by atoms with E-state index in [0.29, 0.717) is 0 Å². The Balaban J connectivity index is 2.14. The van der Waals surface area contributed by atoms with Crippen LogP contribution in [-0.4, -0.2) is 16.2 Å². The van der Waals surface area contributed by atoms with E-state index in [2.05, 4.69) is 49.6 Å². The van der Waals surface area contributed by atoms with Gasteiger partial charge in [0.05, 0.1) is 0 Å². The third kappa shape index (κ3) is 2.96. The van der Waals surface area contributed by atoms with Crippen molar-refractivity contribution in [2.24, 2.45) is 0 Å². The molecule has 0 unspecified atom stereocenters. The predicted molar refractivity (Wildman–Crippen MR) is 71.2 cm³/mol. The molecule has 1 aromatic heterocycles. The molecule has 1 aromatic carbocycles. The summed E-state index contributed by atoms with van der Waals surface area (Å²) in [6.45, 7) is 0. The molecule has 0 spiro atoms. The fourth-order valence-corrected chi connectivity index (χ4v) is 1.94. The lowest BCUT2D eigenvalue weighted by molar-refractivity contribution is 1.14. The third-order valence-electron chi connectivity index (χ3n) is 2.00. The maximum absolute atomic E-state index is 4.12. The van der Waals surface area contributed by atoms with Crippen LogP contribution in [0.5, 0.6) is 0 Å². The number of nitrogens with one attached hydrogen (secondary N) is 1. The molecule has 0 bridgehead atoms. The summed E-state index contributed by atoms with van der Waals surface area (Å²) in [6.07, 6.45) is 3.58. The maximum atomic E-state index is 4.12. The molecule has 0 aliphatic heterocycles. The van der Waals surface area contributed by atoms with E-state index >= 15 is 0 Å². The van der Waals surface area contributed by atoms with E-state index in [4.69, 9.17) is 0 Å². The van der Waals surface area contributed by atoms with Crippen molar-refractivity contribution in [2.75, 3.05) is 11.6 Å². The van der Waals surface area contributed by atoms with Gasteiger partial charge in [0.2, 0.25) is 0 Å². The first kappa shape index (κ1) is 11.4. The summed E-state index contributed by atoms with van der Waals surface area (Å²) in [5.74, 6) is 0.777. The van der Waals surface area contributed by atoms with E-state index in [1.807, 2.05) is 18.2 Å². The smallest absolute Gasteiger partial charge is 0.134 e. The van der Waals surface area contributed by atoms with Crippen LogP contribution >= 0.6 is 27.7 Å². The number of halogens is 1. The van der Waals surface area contributed by atoms with E-state index in [-0.39, 0.29) is 0 Å². The Bertz CT molecular complexity index is 473. The second-order valence-electron chi connectivity index (χ2n) is 3.08. The SMILES string of the molecule is CSc1ccc(Nc2cc(Br)ncn2)cc1. The molecule has 0 radical (unpaired) electrons. The standard InChI is InChI=1S/C11H10BrN3S/c1-16-9-4-2-8(3-5-9)15-11-6-10(12)13-7-14-11/h2-7H,1H3,(H,13,14,15). The highest BCUT2D eigenvalue weighted by atomic mass is 79.9. The van der Waals surface area contributed by atoms with Gasteiger partial charge in [-0.25, -0.2) is 9.97 Å². The highest BCUT2D eigenvalue weighted by Crippen LogP contribution is 2.20. The number of nitrogens with zero attached hydrogens (tertiary/aromatic N) is 2. The number of anilines is 2. The van der Waals surface area contributed by atoms with E-state index in [9.17, 15) is 0 Å². The zero-order chi connectivity index (χ0) is 11.4. The van der Waals surface area contributed by atoms with Crippen LogP contribution in [0.1, 0.15) is 0 Å². The molecule has 1 heterocycles. The largest absolute Gasteiger partial charge is 0.340 e. The molecule has 2 rings (SSSR count). The van der Waals surface area contributed by atoms with E-state index in [0.717, 1.165) is 16.1 Å². The van der Waals surface area contributed by atoms with Crippen molar-refractivity contribution in [3.05, 3.63) is 41.3 Å².